The Morgan fingerprint density at radius 3 is 1.71 bits per heavy atom. The van der Waals surface area contributed by atoms with Gasteiger partial charge in [0.1, 0.15) is 5.69 Å². The molecule has 1 saturated heterocycles. The number of rotatable bonds is 7. The maximum absolute atomic E-state index is 11.6. The Balaban J connectivity index is 1.53. The van der Waals surface area contributed by atoms with Gasteiger partial charge in [0, 0.05) is 45.0 Å². The van der Waals surface area contributed by atoms with Gasteiger partial charge in [-0.1, -0.05) is 6.07 Å². The number of nitrogens with zero attached hydrogens (tertiary/aromatic N) is 4. The van der Waals surface area contributed by atoms with Crippen molar-refractivity contribution in [1.82, 2.24) is 19.8 Å². The third-order valence-electron chi connectivity index (χ3n) is 6.11. The van der Waals surface area contributed by atoms with Gasteiger partial charge >= 0.3 is 11.9 Å². The quantitative estimate of drug-likeness (QED) is 0.326. The number of hydrogen-bond acceptors (Lipinski definition) is 11. The number of carboxylic acid groups (broad SMARTS) is 2. The zero-order valence-corrected chi connectivity index (χ0v) is 24.2. The lowest BCUT2D eigenvalue weighted by molar-refractivity contribution is 0.00597. The molecule has 0 spiro atoms. The summed E-state index contributed by atoms with van der Waals surface area (Å²) < 4.78 is 23.1. The average molecular weight is 607 g/mol. The van der Waals surface area contributed by atoms with Crippen LogP contribution < -0.4 is 11.1 Å². The van der Waals surface area contributed by atoms with E-state index in [2.05, 4.69) is 25.1 Å². The molecular formula is C27H38N6O8S. The van der Waals surface area contributed by atoms with Gasteiger partial charge in [0.15, 0.2) is 10.8 Å². The Labute approximate surface area is 249 Å². The van der Waals surface area contributed by atoms with E-state index in [1.54, 1.807) is 18.2 Å². The molecule has 0 aromatic carbocycles. The van der Waals surface area contributed by atoms with Crippen LogP contribution in [0.3, 0.4) is 0 Å². The summed E-state index contributed by atoms with van der Waals surface area (Å²) in [6.07, 6.45) is 0. The summed E-state index contributed by atoms with van der Waals surface area (Å²) in [6, 6.07) is 8.05. The summed E-state index contributed by atoms with van der Waals surface area (Å²) in [5.41, 5.74) is 7.12. The first kappa shape index (κ1) is 33.2. The molecule has 0 amide bonds. The number of carbonyl (C=O) groups is 2. The number of nitrogens with one attached hydrogen (secondary N) is 1. The van der Waals surface area contributed by atoms with E-state index in [1.165, 1.54) is 12.1 Å². The van der Waals surface area contributed by atoms with Crippen LogP contribution in [0.5, 0.6) is 0 Å². The highest BCUT2D eigenvalue weighted by molar-refractivity contribution is 7.80. The Bertz CT molecular complexity index is 1150. The van der Waals surface area contributed by atoms with Crippen molar-refractivity contribution in [3.8, 4) is 0 Å². The van der Waals surface area contributed by atoms with Gasteiger partial charge in [-0.2, -0.15) is 0 Å². The summed E-state index contributed by atoms with van der Waals surface area (Å²) in [7, 11) is 0. The number of thiocarbonyl (C=S) groups is 1. The molecule has 1 aliphatic heterocycles. The van der Waals surface area contributed by atoms with Crippen molar-refractivity contribution in [2.45, 2.75) is 13.1 Å². The first-order valence-corrected chi connectivity index (χ1v) is 14.0. The second-order valence-electron chi connectivity index (χ2n) is 9.35. The Kier molecular flexibility index (Phi) is 14.4. The highest BCUT2D eigenvalue weighted by Crippen LogP contribution is 2.14. The Morgan fingerprint density at radius 2 is 1.24 bits per heavy atom. The van der Waals surface area contributed by atoms with Gasteiger partial charge in [-0.05, 0) is 36.5 Å². The minimum absolute atomic E-state index is 0.0114. The number of anilines is 1. The molecule has 3 rings (SSSR count). The van der Waals surface area contributed by atoms with Gasteiger partial charge in [-0.15, -0.1) is 0 Å². The van der Waals surface area contributed by atoms with Crippen molar-refractivity contribution in [1.29, 1.82) is 0 Å². The predicted molar refractivity (Wildman–Crippen MR) is 157 cm³/mol. The first-order valence-electron chi connectivity index (χ1n) is 13.6. The van der Waals surface area contributed by atoms with Crippen molar-refractivity contribution >= 4 is 35.0 Å². The third-order valence-corrected chi connectivity index (χ3v) is 6.22. The molecule has 5 N–H and O–H groups in total. The summed E-state index contributed by atoms with van der Waals surface area (Å²) in [4.78, 5) is 35.5. The minimum Gasteiger partial charge on any atom is -0.477 e. The fraction of sp³-hybridized carbons (Fsp3) is 0.519. The number of pyridine rings is 2. The first-order chi connectivity index (χ1) is 20.3. The fourth-order valence-corrected chi connectivity index (χ4v) is 4.21. The van der Waals surface area contributed by atoms with Gasteiger partial charge in [0.05, 0.1) is 64.2 Å². The van der Waals surface area contributed by atoms with Crippen LogP contribution in [0.4, 0.5) is 5.69 Å². The van der Waals surface area contributed by atoms with Crippen LogP contribution in [0.1, 0.15) is 32.4 Å². The molecule has 15 heteroatoms. The van der Waals surface area contributed by atoms with Crippen LogP contribution in [0.25, 0.3) is 0 Å². The van der Waals surface area contributed by atoms with Gasteiger partial charge in [-0.25, -0.2) is 19.6 Å². The molecular weight excluding hydrogens is 568 g/mol. The summed E-state index contributed by atoms with van der Waals surface area (Å²) in [6.45, 7) is 6.62. The van der Waals surface area contributed by atoms with Gasteiger partial charge in [0.25, 0.3) is 0 Å². The van der Waals surface area contributed by atoms with E-state index in [4.69, 9.17) is 36.9 Å². The van der Waals surface area contributed by atoms with Crippen molar-refractivity contribution in [2.24, 2.45) is 5.73 Å². The fourth-order valence-electron chi connectivity index (χ4n) is 4.10. The van der Waals surface area contributed by atoms with Crippen LogP contribution in [0.2, 0.25) is 0 Å². The van der Waals surface area contributed by atoms with E-state index in [-0.39, 0.29) is 16.5 Å². The molecule has 0 bridgehead atoms. The minimum atomic E-state index is -1.15. The SMILES string of the molecule is NC(=S)Nc1cc(CN2CCOCCOCCN(Cc3cccc(C(=O)O)n3)CCOCCOCC2)nc(C(=O)O)c1. The highest BCUT2D eigenvalue weighted by atomic mass is 32.1. The monoisotopic (exact) mass is 606 g/mol. The van der Waals surface area contributed by atoms with Crippen LogP contribution in [0, 0.1) is 0 Å². The van der Waals surface area contributed by atoms with Gasteiger partial charge in [0.2, 0.25) is 0 Å². The Hall–Kier alpha value is -3.31. The van der Waals surface area contributed by atoms with Crippen LogP contribution in [-0.2, 0) is 32.0 Å². The predicted octanol–water partition coefficient (Wildman–Crippen LogP) is 0.913. The highest BCUT2D eigenvalue weighted by Gasteiger charge is 2.14. The molecule has 0 aliphatic carbocycles. The largest absolute Gasteiger partial charge is 0.477 e. The van der Waals surface area contributed by atoms with Crippen LogP contribution in [-0.4, -0.2) is 126 Å². The lowest BCUT2D eigenvalue weighted by atomic mass is 10.2. The van der Waals surface area contributed by atoms with Crippen molar-refractivity contribution < 1.29 is 38.7 Å². The molecule has 14 nitrogen and oxygen atoms in total. The normalized spacial score (nSPS) is 17.5. The van der Waals surface area contributed by atoms with E-state index in [0.29, 0.717) is 109 Å². The van der Waals surface area contributed by atoms with E-state index in [9.17, 15) is 19.8 Å². The Morgan fingerprint density at radius 1 is 0.762 bits per heavy atom. The molecule has 0 saturated carbocycles. The smallest absolute Gasteiger partial charge is 0.354 e. The molecule has 0 radical (unpaired) electrons. The molecule has 1 aliphatic rings. The zero-order valence-electron chi connectivity index (χ0n) is 23.4. The topological polar surface area (TPSA) is 182 Å². The summed E-state index contributed by atoms with van der Waals surface area (Å²) in [5.74, 6) is -2.21. The van der Waals surface area contributed by atoms with E-state index >= 15 is 0 Å². The van der Waals surface area contributed by atoms with Gasteiger partial charge < -0.3 is 40.2 Å². The maximum Gasteiger partial charge on any atom is 0.354 e. The van der Waals surface area contributed by atoms with Crippen LogP contribution in [0.15, 0.2) is 30.3 Å². The maximum atomic E-state index is 11.6. The van der Waals surface area contributed by atoms with Crippen molar-refractivity contribution in [3.63, 3.8) is 0 Å². The van der Waals surface area contributed by atoms with Gasteiger partial charge in [-0.3, -0.25) is 9.80 Å². The second kappa shape index (κ2) is 18.3. The molecule has 1 fully saturated rings. The number of aromatic carboxylic acids is 2. The number of ether oxygens (including phenoxy) is 4. The molecule has 0 atom stereocenters. The zero-order chi connectivity index (χ0) is 30.2. The lowest BCUT2D eigenvalue weighted by Gasteiger charge is -2.23. The number of carboxylic acids is 2. The molecule has 42 heavy (non-hydrogen) atoms. The number of hydrogen-bond donors (Lipinski definition) is 4. The standard InChI is InChI=1S/C27H38N6O8S/c28-27(42)31-21-16-22(30-24(17-21)26(36)37)19-33-6-10-40-14-12-38-8-4-32(5-9-39-13-15-41-11-7-33)18-20-2-1-3-23(29-20)25(34)35/h1-3,16-17H,4-15,18-19H2,(H,34,35)(H,36,37)(H3,28,30,31,42). The molecule has 2 aromatic heterocycles. The van der Waals surface area contributed by atoms with Crippen LogP contribution >= 0.6 is 12.2 Å². The molecule has 2 aromatic rings. The molecule has 3 heterocycles. The van der Waals surface area contributed by atoms with Crippen molar-refractivity contribution in [3.05, 3.63) is 53.1 Å². The number of nitrogens with two attached hydrogens (primary N) is 1. The lowest BCUT2D eigenvalue weighted by Crippen LogP contribution is -2.33. The molecule has 230 valence electrons. The summed E-state index contributed by atoms with van der Waals surface area (Å²) >= 11 is 4.89. The van der Waals surface area contributed by atoms with Crippen molar-refractivity contribution in [2.75, 3.05) is 84.4 Å². The number of aromatic nitrogens is 2. The molecule has 0 unspecified atom stereocenters. The van der Waals surface area contributed by atoms with E-state index in [1.807, 2.05) is 0 Å². The van der Waals surface area contributed by atoms with E-state index < -0.39 is 11.9 Å². The summed E-state index contributed by atoms with van der Waals surface area (Å²) in [5, 5.41) is 21.5. The third kappa shape index (κ3) is 12.7. The second-order valence-corrected chi connectivity index (χ2v) is 9.79. The average Bonchev–Trinajstić information content (AvgIpc) is 2.94. The van der Waals surface area contributed by atoms with E-state index in [0.717, 1.165) is 0 Å².